The minimum atomic E-state index is -1.82. The van der Waals surface area contributed by atoms with Gasteiger partial charge in [0.15, 0.2) is 0 Å². The summed E-state index contributed by atoms with van der Waals surface area (Å²) < 4.78 is 5.86. The number of carbonyl (C=O) groups is 2. The van der Waals surface area contributed by atoms with Crippen molar-refractivity contribution in [2.45, 2.75) is 19.3 Å². The van der Waals surface area contributed by atoms with Crippen molar-refractivity contribution in [3.05, 3.63) is 41.4 Å². The first-order valence-corrected chi connectivity index (χ1v) is 8.02. The number of benzene rings is 1. The van der Waals surface area contributed by atoms with Gasteiger partial charge in [-0.25, -0.2) is 9.59 Å². The average Bonchev–Trinajstić information content (AvgIpc) is 3.03. The summed E-state index contributed by atoms with van der Waals surface area (Å²) in [6.45, 7) is 7.94. The Bertz CT molecular complexity index is 558. The number of carboxylic acid groups (broad SMARTS) is 2. The summed E-state index contributed by atoms with van der Waals surface area (Å²) in [7, 11) is 0. The van der Waals surface area contributed by atoms with E-state index < -0.39 is 11.9 Å². The molecule has 132 valence electrons. The van der Waals surface area contributed by atoms with E-state index in [1.54, 1.807) is 0 Å². The second-order valence-corrected chi connectivity index (χ2v) is 5.69. The lowest BCUT2D eigenvalue weighted by molar-refractivity contribution is -0.159. The summed E-state index contributed by atoms with van der Waals surface area (Å²) in [5, 5.41) is 15.5. The van der Waals surface area contributed by atoms with E-state index in [9.17, 15) is 0 Å². The van der Waals surface area contributed by atoms with Gasteiger partial charge in [-0.1, -0.05) is 17.7 Å². The maximum atomic E-state index is 9.10. The monoisotopic (exact) mass is 355 g/mol. The fourth-order valence-corrected chi connectivity index (χ4v) is 2.49. The Hall–Kier alpha value is -2.05. The van der Waals surface area contributed by atoms with Gasteiger partial charge in [-0.15, -0.1) is 6.58 Å². The Morgan fingerprint density at radius 1 is 1.25 bits per heavy atom. The van der Waals surface area contributed by atoms with E-state index in [0.29, 0.717) is 0 Å². The topological polar surface area (TPSA) is 87.1 Å². The van der Waals surface area contributed by atoms with Crippen molar-refractivity contribution in [3.8, 4) is 5.75 Å². The highest BCUT2D eigenvalue weighted by molar-refractivity contribution is 6.30. The van der Waals surface area contributed by atoms with Crippen LogP contribution in [0.15, 0.2) is 30.9 Å². The zero-order valence-electron chi connectivity index (χ0n) is 13.4. The Balaban J connectivity index is 0.000000413. The van der Waals surface area contributed by atoms with E-state index in [1.165, 1.54) is 25.9 Å². The molecule has 0 radical (unpaired) electrons. The van der Waals surface area contributed by atoms with Gasteiger partial charge in [0.05, 0.1) is 0 Å². The first-order valence-electron chi connectivity index (χ1n) is 7.64. The third-order valence-electron chi connectivity index (χ3n) is 3.43. The van der Waals surface area contributed by atoms with E-state index in [4.69, 9.17) is 36.1 Å². The Morgan fingerprint density at radius 3 is 2.42 bits per heavy atom. The molecule has 1 saturated heterocycles. The number of rotatable bonds is 6. The molecule has 6 nitrogen and oxygen atoms in total. The maximum absolute atomic E-state index is 9.10. The number of hydrogen-bond acceptors (Lipinski definition) is 4. The summed E-state index contributed by atoms with van der Waals surface area (Å²) in [6.07, 6.45) is 5.31. The van der Waals surface area contributed by atoms with Crippen molar-refractivity contribution in [1.82, 2.24) is 4.90 Å². The van der Waals surface area contributed by atoms with E-state index >= 15 is 0 Å². The first-order chi connectivity index (χ1) is 11.4. The molecule has 1 aromatic rings. The van der Waals surface area contributed by atoms with Crippen LogP contribution in [0.3, 0.4) is 0 Å². The molecule has 0 amide bonds. The second-order valence-electron chi connectivity index (χ2n) is 5.25. The van der Waals surface area contributed by atoms with Gasteiger partial charge in [0.2, 0.25) is 0 Å². The molecule has 0 spiro atoms. The van der Waals surface area contributed by atoms with E-state index in [1.807, 2.05) is 24.3 Å². The van der Waals surface area contributed by atoms with Crippen LogP contribution in [-0.2, 0) is 16.0 Å². The summed E-state index contributed by atoms with van der Waals surface area (Å²) in [5.41, 5.74) is 1.11. The van der Waals surface area contributed by atoms with Gasteiger partial charge in [0.1, 0.15) is 12.4 Å². The lowest BCUT2D eigenvalue weighted by Gasteiger charge is -2.16. The Kier molecular flexibility index (Phi) is 8.89. The predicted octanol–water partition coefficient (Wildman–Crippen LogP) is 2.70. The number of hydrogen-bond donors (Lipinski definition) is 2. The Morgan fingerprint density at radius 2 is 1.88 bits per heavy atom. The molecule has 1 fully saturated rings. The molecule has 0 unspecified atom stereocenters. The second kappa shape index (κ2) is 10.7. The van der Waals surface area contributed by atoms with Gasteiger partial charge in [0, 0.05) is 11.6 Å². The summed E-state index contributed by atoms with van der Waals surface area (Å²) in [4.78, 5) is 20.6. The van der Waals surface area contributed by atoms with Crippen LogP contribution < -0.4 is 4.74 Å². The Labute approximate surface area is 146 Å². The van der Waals surface area contributed by atoms with Crippen LogP contribution in [0.1, 0.15) is 18.4 Å². The number of allylic oxidation sites excluding steroid dienone is 1. The fourth-order valence-electron chi connectivity index (χ4n) is 2.29. The van der Waals surface area contributed by atoms with Gasteiger partial charge in [-0.05, 0) is 56.1 Å². The summed E-state index contributed by atoms with van der Waals surface area (Å²) in [5.74, 6) is -2.72. The van der Waals surface area contributed by atoms with Gasteiger partial charge in [-0.3, -0.25) is 4.90 Å². The van der Waals surface area contributed by atoms with Crippen LogP contribution in [-0.4, -0.2) is 53.3 Å². The normalized spacial score (nSPS) is 13.7. The van der Waals surface area contributed by atoms with Crippen LogP contribution in [0.5, 0.6) is 5.75 Å². The van der Waals surface area contributed by atoms with E-state index in [2.05, 4.69) is 11.5 Å². The number of likely N-dealkylation sites (tertiary alicyclic amines) is 1. The molecule has 1 aliphatic heterocycles. The third kappa shape index (κ3) is 7.48. The lowest BCUT2D eigenvalue weighted by atomic mass is 10.1. The number of nitrogens with zero attached hydrogens (tertiary/aromatic N) is 1. The first kappa shape index (κ1) is 20.0. The number of halogens is 1. The zero-order valence-corrected chi connectivity index (χ0v) is 14.2. The molecule has 7 heteroatoms. The fraction of sp³-hybridized carbons (Fsp3) is 0.412. The smallest absolute Gasteiger partial charge is 0.414 e. The predicted molar refractivity (Wildman–Crippen MR) is 91.8 cm³/mol. The van der Waals surface area contributed by atoms with Crippen molar-refractivity contribution in [2.24, 2.45) is 0 Å². The van der Waals surface area contributed by atoms with Crippen LogP contribution in [0.4, 0.5) is 0 Å². The largest absolute Gasteiger partial charge is 0.492 e. The number of ether oxygens (including phenoxy) is 1. The molecule has 24 heavy (non-hydrogen) atoms. The SMILES string of the molecule is C=CCc1cc(Cl)ccc1OCCN1CCCC1.O=C(O)C(=O)O. The average molecular weight is 356 g/mol. The molecular weight excluding hydrogens is 334 g/mol. The molecule has 0 saturated carbocycles. The van der Waals surface area contributed by atoms with E-state index in [0.717, 1.165) is 35.9 Å². The molecule has 1 aromatic carbocycles. The minimum absolute atomic E-state index is 0.742. The standard InChI is InChI=1S/C15H20ClNO.C2H2O4/c1-2-5-13-12-14(16)6-7-15(13)18-11-10-17-8-3-4-9-17;3-1(4)2(5)6/h2,6-7,12H,1,3-5,8-11H2;(H,3,4)(H,5,6). The summed E-state index contributed by atoms with van der Waals surface area (Å²) >= 11 is 5.99. The molecular formula is C17H22ClNO5. The molecule has 1 heterocycles. The van der Waals surface area contributed by atoms with Crippen LogP contribution in [0.2, 0.25) is 5.02 Å². The van der Waals surface area contributed by atoms with Crippen molar-refractivity contribution >= 4 is 23.5 Å². The highest BCUT2D eigenvalue weighted by Gasteiger charge is 2.11. The molecule has 0 atom stereocenters. The number of carboxylic acids is 2. The molecule has 0 bridgehead atoms. The van der Waals surface area contributed by atoms with Crippen molar-refractivity contribution in [1.29, 1.82) is 0 Å². The van der Waals surface area contributed by atoms with Gasteiger partial charge in [-0.2, -0.15) is 0 Å². The molecule has 2 N–H and O–H groups in total. The number of aliphatic carboxylic acids is 2. The van der Waals surface area contributed by atoms with Crippen LogP contribution in [0, 0.1) is 0 Å². The van der Waals surface area contributed by atoms with Gasteiger partial charge >= 0.3 is 11.9 Å². The highest BCUT2D eigenvalue weighted by Crippen LogP contribution is 2.23. The highest BCUT2D eigenvalue weighted by atomic mass is 35.5. The van der Waals surface area contributed by atoms with Crippen LogP contribution >= 0.6 is 11.6 Å². The van der Waals surface area contributed by atoms with Gasteiger partial charge in [0.25, 0.3) is 0 Å². The molecule has 1 aliphatic rings. The molecule has 2 rings (SSSR count). The van der Waals surface area contributed by atoms with Crippen molar-refractivity contribution < 1.29 is 24.5 Å². The van der Waals surface area contributed by atoms with Crippen LogP contribution in [0.25, 0.3) is 0 Å². The van der Waals surface area contributed by atoms with Crippen molar-refractivity contribution in [3.63, 3.8) is 0 Å². The van der Waals surface area contributed by atoms with E-state index in [-0.39, 0.29) is 0 Å². The zero-order chi connectivity index (χ0) is 17.9. The lowest BCUT2D eigenvalue weighted by Crippen LogP contribution is -2.25. The maximum Gasteiger partial charge on any atom is 0.414 e. The van der Waals surface area contributed by atoms with Crippen molar-refractivity contribution in [2.75, 3.05) is 26.2 Å². The molecule has 0 aromatic heterocycles. The third-order valence-corrected chi connectivity index (χ3v) is 3.67. The van der Waals surface area contributed by atoms with Gasteiger partial charge < -0.3 is 14.9 Å². The summed E-state index contributed by atoms with van der Waals surface area (Å²) in [6, 6.07) is 5.78. The molecule has 0 aliphatic carbocycles. The minimum Gasteiger partial charge on any atom is -0.492 e. The quantitative estimate of drug-likeness (QED) is 0.602.